The number of ether oxygens (including phenoxy) is 2. The third-order valence-corrected chi connectivity index (χ3v) is 5.38. The molecule has 2 heterocycles. The zero-order valence-corrected chi connectivity index (χ0v) is 15.8. The maximum atomic E-state index is 12.7. The Labute approximate surface area is 154 Å². The molecule has 2 aromatic heterocycles. The number of esters is 2. The molecule has 0 atom stereocenters. The smallest absolute Gasteiger partial charge is 0.320 e. The number of methoxy groups -OCH3 is 2. The molecule has 0 aliphatic heterocycles. The SMILES string of the molecule is COC(=O)C(CCn1c(SC)ccc1C(=O)c1cccs1)C(=O)OC. The Bertz CT molecular complexity index is 735. The number of thiophene rings is 1. The Morgan fingerprint density at radius 2 is 1.84 bits per heavy atom. The number of aromatic nitrogens is 1. The first kappa shape index (κ1) is 19.3. The Hall–Kier alpha value is -2.06. The van der Waals surface area contributed by atoms with Crippen LogP contribution in [0.1, 0.15) is 21.8 Å². The van der Waals surface area contributed by atoms with E-state index in [0.717, 1.165) is 5.03 Å². The summed E-state index contributed by atoms with van der Waals surface area (Å²) < 4.78 is 11.2. The third kappa shape index (κ3) is 4.32. The molecule has 0 aliphatic rings. The lowest BCUT2D eigenvalue weighted by Crippen LogP contribution is -2.28. The first-order chi connectivity index (χ1) is 12.0. The van der Waals surface area contributed by atoms with Gasteiger partial charge in [0.2, 0.25) is 5.78 Å². The maximum Gasteiger partial charge on any atom is 0.320 e. The molecule has 6 nitrogen and oxygen atoms in total. The van der Waals surface area contributed by atoms with Crippen LogP contribution in [0.25, 0.3) is 0 Å². The third-order valence-electron chi connectivity index (χ3n) is 3.74. The first-order valence-electron chi connectivity index (χ1n) is 7.50. The van der Waals surface area contributed by atoms with Crippen molar-refractivity contribution in [2.75, 3.05) is 20.5 Å². The number of hydrogen-bond donors (Lipinski definition) is 0. The largest absolute Gasteiger partial charge is 0.468 e. The van der Waals surface area contributed by atoms with Crippen LogP contribution in [-0.4, -0.2) is 42.8 Å². The van der Waals surface area contributed by atoms with Gasteiger partial charge < -0.3 is 14.0 Å². The predicted octanol–water partition coefficient (Wildman–Crippen LogP) is 2.85. The Morgan fingerprint density at radius 3 is 2.36 bits per heavy atom. The lowest BCUT2D eigenvalue weighted by molar-refractivity contribution is -0.159. The molecule has 8 heteroatoms. The fourth-order valence-electron chi connectivity index (χ4n) is 2.46. The maximum absolute atomic E-state index is 12.7. The molecule has 25 heavy (non-hydrogen) atoms. The zero-order valence-electron chi connectivity index (χ0n) is 14.2. The summed E-state index contributed by atoms with van der Waals surface area (Å²) >= 11 is 2.87. The molecule has 0 aromatic carbocycles. The predicted molar refractivity (Wildman–Crippen MR) is 96.1 cm³/mol. The Morgan fingerprint density at radius 1 is 1.16 bits per heavy atom. The molecule has 0 radical (unpaired) electrons. The second-order valence-electron chi connectivity index (χ2n) is 5.11. The molecular weight excluding hydrogens is 362 g/mol. The molecule has 0 bridgehead atoms. The highest BCUT2D eigenvalue weighted by Crippen LogP contribution is 2.24. The van der Waals surface area contributed by atoms with Crippen molar-refractivity contribution in [3.05, 3.63) is 40.2 Å². The fourth-order valence-corrected chi connectivity index (χ4v) is 3.75. The summed E-state index contributed by atoms with van der Waals surface area (Å²) in [5, 5.41) is 2.73. The average Bonchev–Trinajstić information content (AvgIpc) is 3.30. The summed E-state index contributed by atoms with van der Waals surface area (Å²) in [6.45, 7) is 0.324. The van der Waals surface area contributed by atoms with E-state index in [0.29, 0.717) is 17.1 Å². The van der Waals surface area contributed by atoms with Crippen LogP contribution in [0.5, 0.6) is 0 Å². The first-order valence-corrected chi connectivity index (χ1v) is 9.61. The van der Waals surface area contributed by atoms with E-state index in [-0.39, 0.29) is 12.2 Å². The minimum Gasteiger partial charge on any atom is -0.468 e. The Balaban J connectivity index is 2.26. The number of carbonyl (C=O) groups excluding carboxylic acids is 3. The lowest BCUT2D eigenvalue weighted by atomic mass is 10.1. The highest BCUT2D eigenvalue weighted by Gasteiger charge is 2.29. The molecule has 0 N–H and O–H groups in total. The molecule has 2 rings (SSSR count). The molecule has 0 spiro atoms. The Kier molecular flexibility index (Phi) is 6.83. The molecular formula is C17H19NO5S2. The van der Waals surface area contributed by atoms with Crippen molar-refractivity contribution in [3.8, 4) is 0 Å². The molecule has 0 unspecified atom stereocenters. The molecule has 2 aromatic rings. The number of ketones is 1. The van der Waals surface area contributed by atoms with Gasteiger partial charge in [0.15, 0.2) is 5.92 Å². The van der Waals surface area contributed by atoms with Gasteiger partial charge in [-0.3, -0.25) is 14.4 Å². The second kappa shape index (κ2) is 8.87. The molecule has 134 valence electrons. The van der Waals surface area contributed by atoms with Crippen molar-refractivity contribution in [1.29, 1.82) is 0 Å². The average molecular weight is 381 g/mol. The van der Waals surface area contributed by atoms with Crippen LogP contribution in [0, 0.1) is 5.92 Å². The zero-order chi connectivity index (χ0) is 18.4. The molecule has 0 saturated carbocycles. The van der Waals surface area contributed by atoms with E-state index in [4.69, 9.17) is 0 Å². The van der Waals surface area contributed by atoms with Crippen molar-refractivity contribution in [2.45, 2.75) is 18.0 Å². The standard InChI is InChI=1S/C17H19NO5S2/c1-22-16(20)11(17(21)23-2)8-9-18-12(6-7-14(18)24-3)15(19)13-5-4-10-25-13/h4-7,10-11H,8-9H2,1-3H3. The van der Waals surface area contributed by atoms with Gasteiger partial charge in [-0.15, -0.1) is 23.1 Å². The lowest BCUT2D eigenvalue weighted by Gasteiger charge is -2.15. The summed E-state index contributed by atoms with van der Waals surface area (Å²) in [7, 11) is 2.46. The van der Waals surface area contributed by atoms with Crippen molar-refractivity contribution in [3.63, 3.8) is 0 Å². The normalized spacial score (nSPS) is 10.7. The minimum atomic E-state index is -1.02. The summed E-state index contributed by atoms with van der Waals surface area (Å²) in [6, 6.07) is 7.22. The summed E-state index contributed by atoms with van der Waals surface area (Å²) in [5.41, 5.74) is 0.528. The van der Waals surface area contributed by atoms with Gasteiger partial charge in [0.25, 0.3) is 0 Å². The van der Waals surface area contributed by atoms with Gasteiger partial charge in [-0.25, -0.2) is 0 Å². The van der Waals surface area contributed by atoms with Crippen molar-refractivity contribution >= 4 is 40.8 Å². The molecule has 0 amide bonds. The highest BCUT2D eigenvalue weighted by molar-refractivity contribution is 7.98. The van der Waals surface area contributed by atoms with Crippen molar-refractivity contribution in [2.24, 2.45) is 5.92 Å². The molecule has 0 aliphatic carbocycles. The molecule has 0 saturated heterocycles. The van der Waals surface area contributed by atoms with Crippen LogP contribution in [0.3, 0.4) is 0 Å². The van der Waals surface area contributed by atoms with Crippen LogP contribution < -0.4 is 0 Å². The number of rotatable bonds is 8. The fraction of sp³-hybridized carbons (Fsp3) is 0.353. The number of nitrogens with zero attached hydrogens (tertiary/aromatic N) is 1. The van der Waals surface area contributed by atoms with Gasteiger partial charge in [0.1, 0.15) is 0 Å². The minimum absolute atomic E-state index is 0.0806. The van der Waals surface area contributed by atoms with Crippen molar-refractivity contribution < 1.29 is 23.9 Å². The topological polar surface area (TPSA) is 74.6 Å². The van der Waals surface area contributed by atoms with Gasteiger partial charge >= 0.3 is 11.9 Å². The van der Waals surface area contributed by atoms with Crippen LogP contribution in [0.4, 0.5) is 0 Å². The van der Waals surface area contributed by atoms with E-state index in [2.05, 4.69) is 9.47 Å². The van der Waals surface area contributed by atoms with Gasteiger partial charge in [0, 0.05) is 6.54 Å². The quantitative estimate of drug-likeness (QED) is 0.303. The van der Waals surface area contributed by atoms with E-state index in [9.17, 15) is 14.4 Å². The van der Waals surface area contributed by atoms with Gasteiger partial charge in [-0.05, 0) is 36.3 Å². The van der Waals surface area contributed by atoms with Crippen LogP contribution in [0.15, 0.2) is 34.7 Å². The summed E-state index contributed by atoms with van der Waals surface area (Å²) in [4.78, 5) is 37.0. The molecule has 0 fully saturated rings. The van der Waals surface area contributed by atoms with E-state index in [1.807, 2.05) is 28.3 Å². The highest BCUT2D eigenvalue weighted by atomic mass is 32.2. The van der Waals surface area contributed by atoms with E-state index >= 15 is 0 Å². The van der Waals surface area contributed by atoms with Crippen molar-refractivity contribution in [1.82, 2.24) is 4.57 Å². The number of thioether (sulfide) groups is 1. The van der Waals surface area contributed by atoms with Crippen LogP contribution >= 0.6 is 23.1 Å². The van der Waals surface area contributed by atoms with Gasteiger partial charge in [-0.1, -0.05) is 6.07 Å². The van der Waals surface area contributed by atoms with Gasteiger partial charge in [-0.2, -0.15) is 0 Å². The van der Waals surface area contributed by atoms with Crippen LogP contribution in [-0.2, 0) is 25.6 Å². The summed E-state index contributed by atoms with van der Waals surface area (Å²) in [6.07, 6.45) is 2.09. The van der Waals surface area contributed by atoms with Crippen LogP contribution in [0.2, 0.25) is 0 Å². The van der Waals surface area contributed by atoms with E-state index < -0.39 is 17.9 Å². The number of carbonyl (C=O) groups is 3. The summed E-state index contributed by atoms with van der Waals surface area (Å²) in [5.74, 6) is -2.38. The van der Waals surface area contributed by atoms with Gasteiger partial charge in [0.05, 0.1) is 29.8 Å². The van der Waals surface area contributed by atoms with E-state index in [1.54, 1.807) is 12.1 Å². The monoisotopic (exact) mass is 381 g/mol. The second-order valence-corrected chi connectivity index (χ2v) is 6.88. The number of hydrogen-bond acceptors (Lipinski definition) is 7. The van der Waals surface area contributed by atoms with E-state index in [1.165, 1.54) is 37.3 Å².